The van der Waals surface area contributed by atoms with Gasteiger partial charge in [0.15, 0.2) is 0 Å². The second kappa shape index (κ2) is 3.05. The van der Waals surface area contributed by atoms with Crippen LogP contribution < -0.4 is 5.32 Å². The van der Waals surface area contributed by atoms with Crippen molar-refractivity contribution in [2.45, 2.75) is 25.3 Å². The van der Waals surface area contributed by atoms with Gasteiger partial charge in [0.05, 0.1) is 13.0 Å². The van der Waals surface area contributed by atoms with Crippen molar-refractivity contribution >= 4 is 5.97 Å². The maximum absolute atomic E-state index is 11.3. The third kappa shape index (κ3) is 1.12. The quantitative estimate of drug-likeness (QED) is 0.582. The summed E-state index contributed by atoms with van der Waals surface area (Å²) in [7, 11) is 1.48. The molecule has 1 aliphatic carbocycles. The molecule has 1 saturated carbocycles. The number of hydrogen-bond acceptors (Lipinski definition) is 3. The lowest BCUT2D eigenvalue weighted by atomic mass is 9.68. The van der Waals surface area contributed by atoms with Crippen LogP contribution in [-0.4, -0.2) is 25.7 Å². The molecular formula is C9H15NO2. The Balaban J connectivity index is 1.99. The zero-order valence-electron chi connectivity index (χ0n) is 7.38. The molecule has 0 aromatic carbocycles. The van der Waals surface area contributed by atoms with Gasteiger partial charge in [-0.15, -0.1) is 0 Å². The van der Waals surface area contributed by atoms with E-state index in [0.717, 1.165) is 13.0 Å². The van der Waals surface area contributed by atoms with Crippen LogP contribution in [-0.2, 0) is 9.53 Å². The summed E-state index contributed by atoms with van der Waals surface area (Å²) >= 11 is 0. The van der Waals surface area contributed by atoms with Crippen LogP contribution >= 0.6 is 0 Å². The molecule has 2 aliphatic rings. The van der Waals surface area contributed by atoms with E-state index in [1.807, 2.05) is 0 Å². The van der Waals surface area contributed by atoms with Crippen LogP contribution in [0.2, 0.25) is 0 Å². The predicted molar refractivity (Wildman–Crippen MR) is 44.6 cm³/mol. The van der Waals surface area contributed by atoms with Crippen molar-refractivity contribution in [3.63, 3.8) is 0 Å². The normalized spacial score (nSPS) is 39.6. The van der Waals surface area contributed by atoms with E-state index >= 15 is 0 Å². The number of esters is 1. The van der Waals surface area contributed by atoms with Crippen LogP contribution in [0.15, 0.2) is 0 Å². The first-order valence-corrected chi connectivity index (χ1v) is 4.64. The molecular weight excluding hydrogens is 154 g/mol. The average molecular weight is 169 g/mol. The third-order valence-electron chi connectivity index (χ3n) is 3.21. The van der Waals surface area contributed by atoms with Crippen molar-refractivity contribution in [3.05, 3.63) is 0 Å². The Labute approximate surface area is 72.5 Å². The molecule has 1 aliphatic heterocycles. The summed E-state index contributed by atoms with van der Waals surface area (Å²) in [5, 5.41) is 3.42. The molecule has 1 N–H and O–H groups in total. The fraction of sp³-hybridized carbons (Fsp3) is 0.889. The maximum atomic E-state index is 11.3. The van der Waals surface area contributed by atoms with E-state index in [0.29, 0.717) is 12.0 Å². The number of piperidine rings is 1. The molecule has 0 aromatic heterocycles. The lowest BCUT2D eigenvalue weighted by Gasteiger charge is -2.45. The lowest BCUT2D eigenvalue weighted by molar-refractivity contribution is -0.151. The van der Waals surface area contributed by atoms with Gasteiger partial charge in [-0.25, -0.2) is 0 Å². The van der Waals surface area contributed by atoms with Gasteiger partial charge < -0.3 is 10.1 Å². The molecule has 3 unspecified atom stereocenters. The lowest BCUT2D eigenvalue weighted by Crippen LogP contribution is -2.54. The Morgan fingerprint density at radius 3 is 2.83 bits per heavy atom. The molecule has 0 bridgehead atoms. The highest BCUT2D eigenvalue weighted by Gasteiger charge is 2.43. The van der Waals surface area contributed by atoms with E-state index in [4.69, 9.17) is 4.74 Å². The number of rotatable bonds is 1. The van der Waals surface area contributed by atoms with Gasteiger partial charge in [-0.2, -0.15) is 0 Å². The van der Waals surface area contributed by atoms with Crippen LogP contribution in [0.3, 0.4) is 0 Å². The molecule has 1 heterocycles. The summed E-state index contributed by atoms with van der Waals surface area (Å²) in [6.45, 7) is 0.973. The monoisotopic (exact) mass is 169 g/mol. The first kappa shape index (κ1) is 8.05. The van der Waals surface area contributed by atoms with Gasteiger partial charge >= 0.3 is 5.97 Å². The number of ether oxygens (including phenoxy) is 1. The Morgan fingerprint density at radius 1 is 1.42 bits per heavy atom. The Morgan fingerprint density at radius 2 is 2.25 bits per heavy atom. The molecule has 3 nitrogen and oxygen atoms in total. The van der Waals surface area contributed by atoms with Gasteiger partial charge in [0.25, 0.3) is 0 Å². The predicted octanol–water partition coefficient (Wildman–Crippen LogP) is 0.547. The zero-order chi connectivity index (χ0) is 8.55. The Kier molecular flexibility index (Phi) is 2.05. The number of hydrogen-bond donors (Lipinski definition) is 1. The summed E-state index contributed by atoms with van der Waals surface area (Å²) in [6, 6.07) is 0.600. The van der Waals surface area contributed by atoms with E-state index in [1.165, 1.54) is 20.0 Å². The van der Waals surface area contributed by atoms with Crippen molar-refractivity contribution < 1.29 is 9.53 Å². The van der Waals surface area contributed by atoms with Gasteiger partial charge in [-0.05, 0) is 31.7 Å². The van der Waals surface area contributed by atoms with Crippen LogP contribution in [0, 0.1) is 11.8 Å². The number of carbonyl (C=O) groups is 1. The van der Waals surface area contributed by atoms with Gasteiger partial charge in [-0.1, -0.05) is 0 Å². The highest BCUT2D eigenvalue weighted by atomic mass is 16.5. The minimum atomic E-state index is -0.00815. The molecule has 3 atom stereocenters. The Hall–Kier alpha value is -0.570. The molecule has 0 aromatic rings. The topological polar surface area (TPSA) is 38.3 Å². The van der Waals surface area contributed by atoms with Gasteiger partial charge in [0.1, 0.15) is 0 Å². The van der Waals surface area contributed by atoms with Crippen molar-refractivity contribution in [3.8, 4) is 0 Å². The first-order valence-electron chi connectivity index (χ1n) is 4.64. The van der Waals surface area contributed by atoms with Gasteiger partial charge in [0.2, 0.25) is 0 Å². The maximum Gasteiger partial charge on any atom is 0.309 e. The van der Waals surface area contributed by atoms with Crippen LogP contribution in [0.5, 0.6) is 0 Å². The number of fused-ring (bicyclic) bond motifs is 1. The standard InChI is InChI=1S/C9H15NO2/c1-12-9(11)7-4-5-10-8-3-2-6(7)8/h6-8,10H,2-5H2,1H3. The van der Waals surface area contributed by atoms with Crippen LogP contribution in [0.25, 0.3) is 0 Å². The van der Waals surface area contributed by atoms with E-state index in [9.17, 15) is 4.79 Å². The van der Waals surface area contributed by atoms with Crippen molar-refractivity contribution in [1.82, 2.24) is 5.32 Å². The zero-order valence-corrected chi connectivity index (χ0v) is 7.38. The Bertz CT molecular complexity index is 193. The molecule has 2 rings (SSSR count). The average Bonchev–Trinajstić information content (AvgIpc) is 2.05. The van der Waals surface area contributed by atoms with Crippen LogP contribution in [0.4, 0.5) is 0 Å². The highest BCUT2D eigenvalue weighted by Crippen LogP contribution is 2.38. The molecule has 2 fully saturated rings. The molecule has 68 valence electrons. The van der Waals surface area contributed by atoms with Crippen molar-refractivity contribution in [2.24, 2.45) is 11.8 Å². The summed E-state index contributed by atoms with van der Waals surface area (Å²) in [5.74, 6) is 0.729. The number of methoxy groups -OCH3 is 1. The second-order valence-corrected chi connectivity index (χ2v) is 3.72. The van der Waals surface area contributed by atoms with E-state index in [2.05, 4.69) is 5.32 Å². The van der Waals surface area contributed by atoms with Crippen molar-refractivity contribution in [2.75, 3.05) is 13.7 Å². The third-order valence-corrected chi connectivity index (χ3v) is 3.21. The smallest absolute Gasteiger partial charge is 0.309 e. The molecule has 0 radical (unpaired) electrons. The van der Waals surface area contributed by atoms with Gasteiger partial charge in [0, 0.05) is 6.04 Å². The summed E-state index contributed by atoms with van der Waals surface area (Å²) in [4.78, 5) is 11.3. The van der Waals surface area contributed by atoms with Crippen LogP contribution in [0.1, 0.15) is 19.3 Å². The first-order chi connectivity index (χ1) is 5.83. The molecule has 3 heteroatoms. The molecule has 12 heavy (non-hydrogen) atoms. The SMILES string of the molecule is COC(=O)C1CCNC2CCC21. The van der Waals surface area contributed by atoms with E-state index in [-0.39, 0.29) is 11.9 Å². The summed E-state index contributed by atoms with van der Waals surface area (Å²) in [5.41, 5.74) is 0. The van der Waals surface area contributed by atoms with E-state index < -0.39 is 0 Å². The minimum absolute atomic E-state index is 0.00815. The second-order valence-electron chi connectivity index (χ2n) is 3.72. The molecule has 1 saturated heterocycles. The molecule has 0 amide bonds. The highest BCUT2D eigenvalue weighted by molar-refractivity contribution is 5.73. The fourth-order valence-electron chi connectivity index (χ4n) is 2.34. The molecule has 0 spiro atoms. The van der Waals surface area contributed by atoms with Gasteiger partial charge in [-0.3, -0.25) is 4.79 Å². The minimum Gasteiger partial charge on any atom is -0.469 e. The number of nitrogens with one attached hydrogen (secondary N) is 1. The number of carbonyl (C=O) groups excluding carboxylic acids is 1. The van der Waals surface area contributed by atoms with E-state index in [1.54, 1.807) is 0 Å². The largest absolute Gasteiger partial charge is 0.469 e. The summed E-state index contributed by atoms with van der Waals surface area (Å²) in [6.07, 6.45) is 3.38. The fourth-order valence-corrected chi connectivity index (χ4v) is 2.34. The summed E-state index contributed by atoms with van der Waals surface area (Å²) < 4.78 is 4.78. The van der Waals surface area contributed by atoms with Crippen molar-refractivity contribution in [1.29, 1.82) is 0 Å².